The maximum absolute atomic E-state index is 12.6. The Balaban J connectivity index is 2.23. The Morgan fingerprint density at radius 2 is 2.16 bits per heavy atom. The maximum Gasteiger partial charge on any atom is 0.254 e. The highest BCUT2D eigenvalue weighted by atomic mass is 16.3. The molecule has 1 aliphatic heterocycles. The number of rotatable bonds is 4. The standard InChI is InChI=1S/C15H19NO3/c17-10-8-13-6-3-4-9-16(13)15(19)14-7-2-1-5-12(14)11-18/h1-2,5,7,11,13,17H,3-4,6,8-10H2/t13-/m0/s1. The molecule has 2 rings (SSSR count). The lowest BCUT2D eigenvalue weighted by molar-refractivity contribution is 0.0572. The molecule has 4 nitrogen and oxygen atoms in total. The maximum atomic E-state index is 12.6. The molecule has 4 heteroatoms. The molecule has 0 radical (unpaired) electrons. The third-order valence-electron chi connectivity index (χ3n) is 3.67. The Morgan fingerprint density at radius 1 is 1.37 bits per heavy atom. The summed E-state index contributed by atoms with van der Waals surface area (Å²) in [5.74, 6) is -0.0964. The quantitative estimate of drug-likeness (QED) is 0.842. The monoisotopic (exact) mass is 261 g/mol. The van der Waals surface area contributed by atoms with Gasteiger partial charge in [0, 0.05) is 24.8 Å². The molecule has 1 saturated heterocycles. The number of aliphatic hydroxyl groups excluding tert-OH is 1. The number of benzene rings is 1. The number of aliphatic hydroxyl groups is 1. The van der Waals surface area contributed by atoms with Gasteiger partial charge in [0.1, 0.15) is 0 Å². The van der Waals surface area contributed by atoms with Crippen molar-refractivity contribution in [2.45, 2.75) is 31.7 Å². The summed E-state index contributed by atoms with van der Waals surface area (Å²) in [6.45, 7) is 0.792. The number of carbonyl (C=O) groups is 2. The summed E-state index contributed by atoms with van der Waals surface area (Å²) in [6, 6.07) is 6.96. The van der Waals surface area contributed by atoms with Gasteiger partial charge in [-0.05, 0) is 31.7 Å². The van der Waals surface area contributed by atoms with Crippen molar-refractivity contribution in [1.82, 2.24) is 4.90 Å². The molecule has 1 aliphatic rings. The molecule has 0 aromatic heterocycles. The van der Waals surface area contributed by atoms with Crippen LogP contribution in [0.1, 0.15) is 46.4 Å². The molecule has 19 heavy (non-hydrogen) atoms. The van der Waals surface area contributed by atoms with Crippen LogP contribution in [0, 0.1) is 0 Å². The Bertz CT molecular complexity index is 456. The first-order valence-corrected chi connectivity index (χ1v) is 6.74. The minimum absolute atomic E-state index is 0.0871. The smallest absolute Gasteiger partial charge is 0.254 e. The molecule has 1 heterocycles. The molecule has 0 aliphatic carbocycles. The summed E-state index contributed by atoms with van der Waals surface area (Å²) in [7, 11) is 0. The van der Waals surface area contributed by atoms with E-state index in [2.05, 4.69) is 0 Å². The number of hydrogen-bond acceptors (Lipinski definition) is 3. The molecule has 1 aromatic carbocycles. The van der Waals surface area contributed by atoms with E-state index < -0.39 is 0 Å². The first kappa shape index (κ1) is 13.7. The van der Waals surface area contributed by atoms with Crippen molar-refractivity contribution in [1.29, 1.82) is 0 Å². The molecule has 1 aromatic rings. The summed E-state index contributed by atoms with van der Waals surface area (Å²) in [5.41, 5.74) is 0.892. The lowest BCUT2D eigenvalue weighted by atomic mass is 9.97. The van der Waals surface area contributed by atoms with Crippen LogP contribution in [0.2, 0.25) is 0 Å². The van der Waals surface area contributed by atoms with Crippen molar-refractivity contribution in [2.75, 3.05) is 13.2 Å². The van der Waals surface area contributed by atoms with Gasteiger partial charge in [-0.3, -0.25) is 9.59 Å². The molecule has 1 atom stereocenters. The van der Waals surface area contributed by atoms with Crippen molar-refractivity contribution in [3.05, 3.63) is 35.4 Å². The van der Waals surface area contributed by atoms with Crippen molar-refractivity contribution < 1.29 is 14.7 Å². The van der Waals surface area contributed by atoms with Crippen LogP contribution in [0.4, 0.5) is 0 Å². The zero-order valence-corrected chi connectivity index (χ0v) is 10.9. The van der Waals surface area contributed by atoms with E-state index in [1.807, 2.05) is 4.90 Å². The summed E-state index contributed by atoms with van der Waals surface area (Å²) in [4.78, 5) is 25.4. The average Bonchev–Trinajstić information content (AvgIpc) is 2.47. The fourth-order valence-electron chi connectivity index (χ4n) is 2.67. The second-order valence-electron chi connectivity index (χ2n) is 4.87. The molecule has 0 saturated carbocycles. The first-order chi connectivity index (χ1) is 9.27. The molecule has 1 amide bonds. The Kier molecular flexibility index (Phi) is 4.68. The van der Waals surface area contributed by atoms with Crippen molar-refractivity contribution in [3.8, 4) is 0 Å². The van der Waals surface area contributed by atoms with Gasteiger partial charge >= 0.3 is 0 Å². The molecule has 0 unspecified atom stereocenters. The fourth-order valence-corrected chi connectivity index (χ4v) is 2.67. The van der Waals surface area contributed by atoms with Gasteiger partial charge in [-0.1, -0.05) is 18.2 Å². The average molecular weight is 261 g/mol. The van der Waals surface area contributed by atoms with Crippen LogP contribution in [0.5, 0.6) is 0 Å². The normalized spacial score (nSPS) is 19.2. The Labute approximate surface area is 113 Å². The van der Waals surface area contributed by atoms with Gasteiger partial charge in [-0.25, -0.2) is 0 Å². The largest absolute Gasteiger partial charge is 0.396 e. The lowest BCUT2D eigenvalue weighted by Gasteiger charge is -2.35. The van der Waals surface area contributed by atoms with Crippen LogP contribution in [0.15, 0.2) is 24.3 Å². The number of piperidine rings is 1. The highest BCUT2D eigenvalue weighted by Gasteiger charge is 2.27. The molecule has 1 N–H and O–H groups in total. The number of likely N-dealkylation sites (tertiary alicyclic amines) is 1. The SMILES string of the molecule is O=Cc1ccccc1C(=O)N1CCCC[C@H]1CCO. The van der Waals surface area contributed by atoms with E-state index in [-0.39, 0.29) is 18.6 Å². The summed E-state index contributed by atoms with van der Waals surface area (Å²) in [6.07, 6.45) is 4.32. The van der Waals surface area contributed by atoms with Crippen LogP contribution in [0.3, 0.4) is 0 Å². The van der Waals surface area contributed by atoms with Crippen LogP contribution < -0.4 is 0 Å². The number of hydrogen-bond donors (Lipinski definition) is 1. The summed E-state index contributed by atoms with van der Waals surface area (Å²) < 4.78 is 0. The van der Waals surface area contributed by atoms with E-state index in [0.29, 0.717) is 24.1 Å². The third kappa shape index (κ3) is 3.01. The zero-order chi connectivity index (χ0) is 13.7. The van der Waals surface area contributed by atoms with E-state index >= 15 is 0 Å². The van der Waals surface area contributed by atoms with Gasteiger partial charge in [0.25, 0.3) is 5.91 Å². The van der Waals surface area contributed by atoms with Crippen LogP contribution in [0.25, 0.3) is 0 Å². The topological polar surface area (TPSA) is 57.6 Å². The van der Waals surface area contributed by atoms with E-state index in [0.717, 1.165) is 25.5 Å². The molecule has 102 valence electrons. The van der Waals surface area contributed by atoms with E-state index in [4.69, 9.17) is 5.11 Å². The van der Waals surface area contributed by atoms with Gasteiger partial charge in [0.2, 0.25) is 0 Å². The van der Waals surface area contributed by atoms with Gasteiger partial charge < -0.3 is 10.0 Å². The van der Waals surface area contributed by atoms with E-state index in [9.17, 15) is 9.59 Å². The highest BCUT2D eigenvalue weighted by molar-refractivity contribution is 6.01. The second-order valence-corrected chi connectivity index (χ2v) is 4.87. The van der Waals surface area contributed by atoms with Crippen LogP contribution in [-0.4, -0.2) is 41.4 Å². The van der Waals surface area contributed by atoms with Crippen molar-refractivity contribution in [3.63, 3.8) is 0 Å². The van der Waals surface area contributed by atoms with E-state index in [1.54, 1.807) is 24.3 Å². The number of carbonyl (C=O) groups excluding carboxylic acids is 2. The number of amides is 1. The lowest BCUT2D eigenvalue weighted by Crippen LogP contribution is -2.44. The minimum Gasteiger partial charge on any atom is -0.396 e. The molecular weight excluding hydrogens is 242 g/mol. The predicted octanol–water partition coefficient (Wildman–Crippen LogP) is 1.88. The first-order valence-electron chi connectivity index (χ1n) is 6.74. The summed E-state index contributed by atoms with van der Waals surface area (Å²) >= 11 is 0. The minimum atomic E-state index is -0.0964. The van der Waals surface area contributed by atoms with Gasteiger partial charge in [0.15, 0.2) is 6.29 Å². The third-order valence-corrected chi connectivity index (χ3v) is 3.67. The Morgan fingerprint density at radius 3 is 2.89 bits per heavy atom. The predicted molar refractivity (Wildman–Crippen MR) is 72.2 cm³/mol. The van der Waals surface area contributed by atoms with Crippen molar-refractivity contribution in [2.24, 2.45) is 0 Å². The number of nitrogens with zero attached hydrogens (tertiary/aromatic N) is 1. The molecule has 1 fully saturated rings. The van der Waals surface area contributed by atoms with Crippen molar-refractivity contribution >= 4 is 12.2 Å². The van der Waals surface area contributed by atoms with Gasteiger partial charge in [0.05, 0.1) is 5.56 Å². The molecule has 0 spiro atoms. The molecular formula is C15H19NO3. The fraction of sp³-hybridized carbons (Fsp3) is 0.467. The highest BCUT2D eigenvalue weighted by Crippen LogP contribution is 2.22. The summed E-state index contributed by atoms with van der Waals surface area (Å²) in [5, 5.41) is 9.10. The number of aldehydes is 1. The van der Waals surface area contributed by atoms with Crippen LogP contribution >= 0.6 is 0 Å². The van der Waals surface area contributed by atoms with Crippen LogP contribution in [-0.2, 0) is 0 Å². The molecule has 0 bridgehead atoms. The van der Waals surface area contributed by atoms with Gasteiger partial charge in [-0.2, -0.15) is 0 Å². The zero-order valence-electron chi connectivity index (χ0n) is 10.9. The van der Waals surface area contributed by atoms with Gasteiger partial charge in [-0.15, -0.1) is 0 Å². The van der Waals surface area contributed by atoms with E-state index in [1.165, 1.54) is 0 Å². The Hall–Kier alpha value is -1.68. The second kappa shape index (κ2) is 6.48.